The molecule has 0 unspecified atom stereocenters. The number of carbonyl (C=O) groups excluding carboxylic acids is 2. The molecule has 0 aliphatic rings. The molecule has 0 saturated carbocycles. The first-order chi connectivity index (χ1) is 10.5. The third kappa shape index (κ3) is 3.82. The molecule has 0 saturated heterocycles. The van der Waals surface area contributed by atoms with Gasteiger partial charge in [-0.05, 0) is 26.0 Å². The van der Waals surface area contributed by atoms with Gasteiger partial charge in [0.25, 0.3) is 5.91 Å². The zero-order valence-corrected chi connectivity index (χ0v) is 12.2. The van der Waals surface area contributed by atoms with Crippen LogP contribution in [0.2, 0.25) is 0 Å². The molecule has 2 aromatic rings. The number of amides is 1. The summed E-state index contributed by atoms with van der Waals surface area (Å²) in [6, 6.07) is 7.78. The second-order valence-corrected chi connectivity index (χ2v) is 4.64. The van der Waals surface area contributed by atoms with Crippen LogP contribution in [0.1, 0.15) is 23.0 Å². The van der Waals surface area contributed by atoms with Crippen molar-refractivity contribution in [1.82, 2.24) is 0 Å². The van der Waals surface area contributed by atoms with Crippen molar-refractivity contribution in [3.8, 4) is 5.75 Å². The molecule has 1 aromatic carbocycles. The molecule has 0 atom stereocenters. The monoisotopic (exact) mass is 301 g/mol. The number of aryl methyl sites for hydroxylation is 1. The summed E-state index contributed by atoms with van der Waals surface area (Å²) < 4.78 is 10.2. The first-order valence-electron chi connectivity index (χ1n) is 6.59. The minimum absolute atomic E-state index is 0.00939. The maximum absolute atomic E-state index is 11.8. The number of carbonyl (C=O) groups is 2. The summed E-state index contributed by atoms with van der Waals surface area (Å²) in [6.45, 7) is 2.69. The Labute approximate surface area is 126 Å². The Morgan fingerprint density at radius 2 is 2.05 bits per heavy atom. The van der Waals surface area contributed by atoms with Gasteiger partial charge in [0.05, 0.1) is 6.26 Å². The van der Waals surface area contributed by atoms with E-state index < -0.39 is 5.91 Å². The average Bonchev–Trinajstić information content (AvgIpc) is 2.47. The Hall–Kier alpha value is -2.89. The van der Waals surface area contributed by atoms with Gasteiger partial charge in [-0.3, -0.25) is 14.4 Å². The fraction of sp³-hybridized carbons (Fsp3) is 0.188. The number of ether oxygens (including phenoxy) is 1. The van der Waals surface area contributed by atoms with Crippen molar-refractivity contribution in [2.45, 2.75) is 13.8 Å². The van der Waals surface area contributed by atoms with E-state index in [9.17, 15) is 14.4 Å². The van der Waals surface area contributed by atoms with E-state index in [2.05, 4.69) is 5.32 Å². The molecule has 0 fully saturated rings. The summed E-state index contributed by atoms with van der Waals surface area (Å²) in [5.74, 6) is -0.220. The van der Waals surface area contributed by atoms with Crippen molar-refractivity contribution < 1.29 is 18.7 Å². The molecule has 0 aliphatic carbocycles. The molecule has 0 aliphatic heterocycles. The highest BCUT2D eigenvalue weighted by atomic mass is 16.5. The van der Waals surface area contributed by atoms with Crippen molar-refractivity contribution in [3.05, 3.63) is 58.1 Å². The van der Waals surface area contributed by atoms with Crippen molar-refractivity contribution in [3.63, 3.8) is 0 Å². The van der Waals surface area contributed by atoms with E-state index in [0.29, 0.717) is 17.0 Å². The summed E-state index contributed by atoms with van der Waals surface area (Å²) in [4.78, 5) is 34.7. The van der Waals surface area contributed by atoms with Crippen LogP contribution in [0, 0.1) is 6.92 Å². The quantitative estimate of drug-likeness (QED) is 0.855. The summed E-state index contributed by atoms with van der Waals surface area (Å²) >= 11 is 0. The van der Waals surface area contributed by atoms with Crippen LogP contribution in [0.25, 0.3) is 0 Å². The zero-order chi connectivity index (χ0) is 16.1. The van der Waals surface area contributed by atoms with E-state index in [4.69, 9.17) is 9.15 Å². The van der Waals surface area contributed by atoms with E-state index in [1.165, 1.54) is 19.3 Å². The van der Waals surface area contributed by atoms with Crippen molar-refractivity contribution in [2.75, 3.05) is 11.9 Å². The molecule has 114 valence electrons. The number of Topliss-reactive ketones (excluding diaryl/α,β-unsaturated/α-hetero) is 1. The molecule has 6 nitrogen and oxygen atoms in total. The predicted molar refractivity (Wildman–Crippen MR) is 80.3 cm³/mol. The van der Waals surface area contributed by atoms with E-state index in [0.717, 1.165) is 0 Å². The Balaban J connectivity index is 2.00. The van der Waals surface area contributed by atoms with Crippen LogP contribution in [0.15, 0.2) is 45.8 Å². The van der Waals surface area contributed by atoms with Crippen molar-refractivity contribution in [1.29, 1.82) is 0 Å². The third-order valence-electron chi connectivity index (χ3n) is 2.91. The van der Waals surface area contributed by atoms with Crippen LogP contribution < -0.4 is 15.5 Å². The van der Waals surface area contributed by atoms with Crippen LogP contribution in [0.3, 0.4) is 0 Å². The number of nitrogens with one attached hydrogen (secondary N) is 1. The molecule has 22 heavy (non-hydrogen) atoms. The van der Waals surface area contributed by atoms with Crippen LogP contribution in [0.5, 0.6) is 5.75 Å². The van der Waals surface area contributed by atoms with Gasteiger partial charge in [-0.1, -0.05) is 12.1 Å². The largest absolute Gasteiger partial charge is 0.476 e. The molecule has 0 bridgehead atoms. The molecule has 0 radical (unpaired) electrons. The van der Waals surface area contributed by atoms with E-state index in [1.54, 1.807) is 31.2 Å². The van der Waals surface area contributed by atoms with Gasteiger partial charge >= 0.3 is 0 Å². The van der Waals surface area contributed by atoms with Crippen LogP contribution >= 0.6 is 0 Å². The van der Waals surface area contributed by atoms with Crippen molar-refractivity contribution in [2.24, 2.45) is 0 Å². The summed E-state index contributed by atoms with van der Waals surface area (Å²) in [5, 5.41) is 2.60. The number of hydrogen-bond donors (Lipinski definition) is 1. The topological polar surface area (TPSA) is 85.6 Å². The Bertz CT molecular complexity index is 763. The van der Waals surface area contributed by atoms with E-state index >= 15 is 0 Å². The smallest absolute Gasteiger partial charge is 0.262 e. The molecule has 1 N–H and O–H groups in total. The summed E-state index contributed by atoms with van der Waals surface area (Å²) in [6.07, 6.45) is 1.26. The molecular weight excluding hydrogens is 286 g/mol. The number of ketones is 1. The van der Waals surface area contributed by atoms with Gasteiger partial charge in [-0.25, -0.2) is 0 Å². The average molecular weight is 301 g/mol. The second kappa shape index (κ2) is 6.71. The zero-order valence-electron chi connectivity index (χ0n) is 12.2. The van der Waals surface area contributed by atoms with Crippen molar-refractivity contribution >= 4 is 17.4 Å². The lowest BCUT2D eigenvalue weighted by Gasteiger charge is -2.08. The van der Waals surface area contributed by atoms with Gasteiger partial charge in [0.15, 0.2) is 12.4 Å². The molecule has 6 heteroatoms. The van der Waals surface area contributed by atoms with Crippen LogP contribution in [-0.4, -0.2) is 18.3 Å². The molecular formula is C16H15NO5. The minimum atomic E-state index is -0.441. The number of anilines is 1. The van der Waals surface area contributed by atoms with Gasteiger partial charge < -0.3 is 14.5 Å². The normalized spacial score (nSPS) is 10.1. The van der Waals surface area contributed by atoms with Gasteiger partial charge in [-0.2, -0.15) is 0 Å². The number of rotatable bonds is 5. The molecule has 1 amide bonds. The molecule has 1 aromatic heterocycles. The Morgan fingerprint density at radius 1 is 1.27 bits per heavy atom. The third-order valence-corrected chi connectivity index (χ3v) is 2.91. The fourth-order valence-corrected chi connectivity index (χ4v) is 1.82. The highest BCUT2D eigenvalue weighted by Crippen LogP contribution is 2.12. The standard InChI is InChI=1S/C16H15NO5/c1-10(18)12-4-3-5-13(8-12)17-15(20)9-22-16-11(2)21-7-6-14(16)19/h3-8H,9H2,1-2H3,(H,17,20). The Morgan fingerprint density at radius 3 is 2.73 bits per heavy atom. The van der Waals surface area contributed by atoms with Crippen LogP contribution in [-0.2, 0) is 4.79 Å². The number of benzene rings is 1. The highest BCUT2D eigenvalue weighted by molar-refractivity contribution is 5.97. The lowest BCUT2D eigenvalue weighted by Crippen LogP contribution is -2.22. The maximum atomic E-state index is 11.8. The van der Waals surface area contributed by atoms with Gasteiger partial charge in [-0.15, -0.1) is 0 Å². The summed E-state index contributed by atoms with van der Waals surface area (Å²) in [5.41, 5.74) is 0.631. The summed E-state index contributed by atoms with van der Waals surface area (Å²) in [7, 11) is 0. The van der Waals surface area contributed by atoms with E-state index in [1.807, 2.05) is 0 Å². The van der Waals surface area contributed by atoms with Gasteiger partial charge in [0.1, 0.15) is 5.76 Å². The second-order valence-electron chi connectivity index (χ2n) is 4.64. The lowest BCUT2D eigenvalue weighted by molar-refractivity contribution is -0.118. The molecule has 0 spiro atoms. The SMILES string of the molecule is CC(=O)c1cccc(NC(=O)COc2c(C)occc2=O)c1. The molecule has 2 rings (SSSR count). The van der Waals surface area contributed by atoms with E-state index in [-0.39, 0.29) is 23.6 Å². The fourth-order valence-electron chi connectivity index (χ4n) is 1.82. The number of hydrogen-bond acceptors (Lipinski definition) is 5. The maximum Gasteiger partial charge on any atom is 0.262 e. The van der Waals surface area contributed by atoms with Gasteiger partial charge in [0.2, 0.25) is 11.2 Å². The van der Waals surface area contributed by atoms with Crippen LogP contribution in [0.4, 0.5) is 5.69 Å². The predicted octanol–water partition coefficient (Wildman–Crippen LogP) is 2.17. The highest BCUT2D eigenvalue weighted by Gasteiger charge is 2.10. The minimum Gasteiger partial charge on any atom is -0.476 e. The first kappa shape index (κ1) is 15.5. The Kier molecular flexibility index (Phi) is 4.73. The molecule has 1 heterocycles. The first-order valence-corrected chi connectivity index (χ1v) is 6.59. The van der Waals surface area contributed by atoms with Gasteiger partial charge in [0, 0.05) is 17.3 Å². The lowest BCUT2D eigenvalue weighted by atomic mass is 10.1.